The number of hydrogen-bond donors (Lipinski definition) is 1. The molecule has 4 nitrogen and oxygen atoms in total. The lowest BCUT2D eigenvalue weighted by Gasteiger charge is -2.26. The molecule has 0 unspecified atom stereocenters. The monoisotopic (exact) mass is 381 g/mol. The van der Waals surface area contributed by atoms with Gasteiger partial charge in [0.1, 0.15) is 11.6 Å². The molecule has 1 N–H and O–H groups in total. The zero-order valence-corrected chi connectivity index (χ0v) is 15.7. The van der Waals surface area contributed by atoms with Crippen molar-refractivity contribution in [3.63, 3.8) is 0 Å². The van der Waals surface area contributed by atoms with Crippen LogP contribution in [0, 0.1) is 5.82 Å². The van der Waals surface area contributed by atoms with Gasteiger partial charge in [-0.1, -0.05) is 24.3 Å². The topological polar surface area (TPSA) is 37.4 Å². The minimum atomic E-state index is -0.255. The third-order valence-corrected chi connectivity index (χ3v) is 4.35. The van der Waals surface area contributed by atoms with Crippen LogP contribution in [0.15, 0.2) is 73.1 Å². The highest BCUT2D eigenvalue weighted by Gasteiger charge is 2.12. The molecule has 0 saturated heterocycles. The van der Waals surface area contributed by atoms with E-state index in [0.717, 1.165) is 22.6 Å². The Balaban J connectivity index is 1.78. The lowest BCUT2D eigenvalue weighted by Crippen LogP contribution is -2.33. The molecule has 27 heavy (non-hydrogen) atoms. The highest BCUT2D eigenvalue weighted by atomic mass is 32.1. The van der Waals surface area contributed by atoms with E-state index in [9.17, 15) is 4.39 Å². The maximum Gasteiger partial charge on any atom is 0.174 e. The van der Waals surface area contributed by atoms with Crippen molar-refractivity contribution in [1.29, 1.82) is 0 Å². The summed E-state index contributed by atoms with van der Waals surface area (Å²) in [5.41, 5.74) is 2.85. The largest absolute Gasteiger partial charge is 0.497 e. The van der Waals surface area contributed by atoms with Gasteiger partial charge in [0.25, 0.3) is 0 Å². The standard InChI is InChI=1S/C21H20FN3OS/c1-26-20-6-2-5-19(12-20)24-21(27)25(15-17-4-3-11-23-13-17)14-16-7-9-18(22)10-8-16/h2-13H,14-15H2,1H3,(H,24,27). The van der Waals surface area contributed by atoms with Crippen molar-refractivity contribution in [3.05, 3.63) is 90.0 Å². The van der Waals surface area contributed by atoms with E-state index in [1.807, 2.05) is 47.5 Å². The van der Waals surface area contributed by atoms with Crippen molar-refractivity contribution < 1.29 is 9.13 Å². The van der Waals surface area contributed by atoms with Gasteiger partial charge in [-0.2, -0.15) is 0 Å². The van der Waals surface area contributed by atoms with Crippen LogP contribution in [0.25, 0.3) is 0 Å². The van der Waals surface area contributed by atoms with Crippen LogP contribution < -0.4 is 10.1 Å². The molecule has 0 radical (unpaired) electrons. The summed E-state index contributed by atoms with van der Waals surface area (Å²) in [5.74, 6) is 0.495. The Morgan fingerprint density at radius 3 is 2.56 bits per heavy atom. The van der Waals surface area contributed by atoms with E-state index >= 15 is 0 Å². The van der Waals surface area contributed by atoms with Gasteiger partial charge in [0, 0.05) is 37.2 Å². The number of hydrogen-bond acceptors (Lipinski definition) is 3. The van der Waals surface area contributed by atoms with Gasteiger partial charge in [0.2, 0.25) is 0 Å². The maximum atomic E-state index is 13.2. The first kappa shape index (κ1) is 18.8. The summed E-state index contributed by atoms with van der Waals surface area (Å²) < 4.78 is 18.5. The minimum Gasteiger partial charge on any atom is -0.497 e. The average Bonchev–Trinajstić information content (AvgIpc) is 2.70. The molecule has 2 aromatic carbocycles. The van der Waals surface area contributed by atoms with E-state index in [1.165, 1.54) is 12.1 Å². The van der Waals surface area contributed by atoms with E-state index in [2.05, 4.69) is 10.3 Å². The molecule has 3 aromatic rings. The maximum absolute atomic E-state index is 13.2. The molecule has 0 saturated carbocycles. The van der Waals surface area contributed by atoms with E-state index in [0.29, 0.717) is 18.2 Å². The molecule has 1 aromatic heterocycles. The van der Waals surface area contributed by atoms with Gasteiger partial charge in [0.05, 0.1) is 7.11 Å². The lowest BCUT2D eigenvalue weighted by molar-refractivity contribution is 0.411. The zero-order chi connectivity index (χ0) is 19.1. The van der Waals surface area contributed by atoms with Crippen LogP contribution in [0.3, 0.4) is 0 Å². The van der Waals surface area contributed by atoms with Crippen molar-refractivity contribution in [2.24, 2.45) is 0 Å². The van der Waals surface area contributed by atoms with Crippen molar-refractivity contribution in [2.75, 3.05) is 12.4 Å². The predicted octanol–water partition coefficient (Wildman–Crippen LogP) is 4.63. The number of nitrogens with zero attached hydrogens (tertiary/aromatic N) is 2. The molecule has 0 aliphatic carbocycles. The molecule has 0 amide bonds. The van der Waals surface area contributed by atoms with Crippen LogP contribution in [0.1, 0.15) is 11.1 Å². The summed E-state index contributed by atoms with van der Waals surface area (Å²) in [5, 5.41) is 3.82. The highest BCUT2D eigenvalue weighted by molar-refractivity contribution is 7.80. The van der Waals surface area contributed by atoms with E-state index < -0.39 is 0 Å². The second kappa shape index (κ2) is 9.09. The number of halogens is 1. The molecule has 0 fully saturated rings. The minimum absolute atomic E-state index is 0.255. The lowest BCUT2D eigenvalue weighted by atomic mass is 10.2. The number of ether oxygens (including phenoxy) is 1. The number of thiocarbonyl (C=S) groups is 1. The van der Waals surface area contributed by atoms with Crippen molar-refractivity contribution >= 4 is 23.0 Å². The summed E-state index contributed by atoms with van der Waals surface area (Å²) in [4.78, 5) is 6.18. The molecule has 0 spiro atoms. The van der Waals surface area contributed by atoms with Gasteiger partial charge >= 0.3 is 0 Å². The molecule has 0 aliphatic heterocycles. The molecular weight excluding hydrogens is 361 g/mol. The van der Waals surface area contributed by atoms with E-state index in [-0.39, 0.29) is 5.82 Å². The SMILES string of the molecule is COc1cccc(NC(=S)N(Cc2ccc(F)cc2)Cc2cccnc2)c1. The van der Waals surface area contributed by atoms with Crippen molar-refractivity contribution in [3.8, 4) is 5.75 Å². The van der Waals surface area contributed by atoms with Crippen molar-refractivity contribution in [2.45, 2.75) is 13.1 Å². The molecule has 0 bridgehead atoms. The second-order valence-corrected chi connectivity index (χ2v) is 6.39. The van der Waals surface area contributed by atoms with Crippen LogP contribution in [0.4, 0.5) is 10.1 Å². The number of benzene rings is 2. The Labute approximate surface area is 163 Å². The quantitative estimate of drug-likeness (QED) is 0.630. The number of rotatable bonds is 6. The Kier molecular flexibility index (Phi) is 6.33. The van der Waals surface area contributed by atoms with Crippen LogP contribution in [-0.4, -0.2) is 22.1 Å². The normalized spacial score (nSPS) is 10.3. The van der Waals surface area contributed by atoms with Crippen LogP contribution >= 0.6 is 12.2 Å². The fraction of sp³-hybridized carbons (Fsp3) is 0.143. The summed E-state index contributed by atoms with van der Waals surface area (Å²) in [6.07, 6.45) is 3.55. The zero-order valence-electron chi connectivity index (χ0n) is 14.9. The first-order chi connectivity index (χ1) is 13.1. The smallest absolute Gasteiger partial charge is 0.174 e. The van der Waals surface area contributed by atoms with Gasteiger partial charge in [-0.25, -0.2) is 4.39 Å². The van der Waals surface area contributed by atoms with Gasteiger partial charge in [0.15, 0.2) is 5.11 Å². The number of pyridine rings is 1. The molecule has 3 rings (SSSR count). The first-order valence-corrected chi connectivity index (χ1v) is 8.88. The van der Waals surface area contributed by atoms with Gasteiger partial charge in [-0.3, -0.25) is 4.98 Å². The van der Waals surface area contributed by atoms with Gasteiger partial charge in [-0.15, -0.1) is 0 Å². The summed E-state index contributed by atoms with van der Waals surface area (Å²) >= 11 is 5.64. The predicted molar refractivity (Wildman–Crippen MR) is 109 cm³/mol. The third-order valence-electron chi connectivity index (χ3n) is 3.99. The molecule has 0 atom stereocenters. The second-order valence-electron chi connectivity index (χ2n) is 6.01. The Morgan fingerprint density at radius 1 is 1.07 bits per heavy atom. The molecule has 0 aliphatic rings. The Morgan fingerprint density at radius 2 is 1.85 bits per heavy atom. The summed E-state index contributed by atoms with van der Waals surface area (Å²) in [7, 11) is 1.63. The highest BCUT2D eigenvalue weighted by Crippen LogP contribution is 2.18. The molecule has 1 heterocycles. The fourth-order valence-electron chi connectivity index (χ4n) is 2.63. The van der Waals surface area contributed by atoms with E-state index in [1.54, 1.807) is 25.4 Å². The summed E-state index contributed by atoms with van der Waals surface area (Å²) in [6.45, 7) is 1.13. The van der Waals surface area contributed by atoms with Crippen molar-refractivity contribution in [1.82, 2.24) is 9.88 Å². The molecular formula is C21H20FN3OS. The number of anilines is 1. The van der Waals surface area contributed by atoms with Gasteiger partial charge < -0.3 is 15.0 Å². The van der Waals surface area contributed by atoms with Gasteiger partial charge in [-0.05, 0) is 53.7 Å². The number of methoxy groups -OCH3 is 1. The van der Waals surface area contributed by atoms with Crippen LogP contribution in [0.5, 0.6) is 5.75 Å². The third kappa shape index (κ3) is 5.49. The molecule has 138 valence electrons. The average molecular weight is 381 g/mol. The molecule has 6 heteroatoms. The Bertz CT molecular complexity index is 887. The van der Waals surface area contributed by atoms with Crippen LogP contribution in [0.2, 0.25) is 0 Å². The fourth-order valence-corrected chi connectivity index (χ4v) is 2.87. The first-order valence-electron chi connectivity index (χ1n) is 8.47. The Hall–Kier alpha value is -2.99. The number of aromatic nitrogens is 1. The summed E-state index contributed by atoms with van der Waals surface area (Å²) in [6, 6.07) is 17.9. The van der Waals surface area contributed by atoms with Crippen LogP contribution in [-0.2, 0) is 13.1 Å². The number of nitrogens with one attached hydrogen (secondary N) is 1. The van der Waals surface area contributed by atoms with E-state index in [4.69, 9.17) is 17.0 Å².